The Morgan fingerprint density at radius 1 is 0.362 bits per heavy atom. The fourth-order valence-electron chi connectivity index (χ4n) is 7.11. The van der Waals surface area contributed by atoms with Crippen molar-refractivity contribution in [1.29, 1.82) is 0 Å². The number of benzene rings is 6. The van der Waals surface area contributed by atoms with Crippen molar-refractivity contribution in [3.8, 4) is 11.5 Å². The van der Waals surface area contributed by atoms with Gasteiger partial charge < -0.3 is 10.2 Å². The van der Waals surface area contributed by atoms with Gasteiger partial charge in [-0.3, -0.25) is 20.0 Å². The Labute approximate surface area is 343 Å². The van der Waals surface area contributed by atoms with Crippen LogP contribution in [-0.2, 0) is 36.5 Å². The van der Waals surface area contributed by atoms with Crippen LogP contribution in [0.25, 0.3) is 0 Å². The highest BCUT2D eigenvalue weighted by Crippen LogP contribution is 2.34. The Bertz CT molecular complexity index is 2230. The van der Waals surface area contributed by atoms with E-state index in [1.165, 1.54) is 0 Å². The molecule has 0 saturated heterocycles. The Morgan fingerprint density at radius 2 is 0.586 bits per heavy atom. The molecule has 2 N–H and O–H groups in total. The van der Waals surface area contributed by atoms with Gasteiger partial charge in [0.05, 0.1) is 22.7 Å². The normalized spacial score (nSPS) is 13.6. The fourth-order valence-corrected chi connectivity index (χ4v) is 7.11. The maximum atomic E-state index is 11.7. The molecular formula is C52H52N4O2. The fraction of sp³-hybridized carbons (Fsp3) is 0.231. The van der Waals surface area contributed by atoms with E-state index in [1.54, 1.807) is 24.9 Å². The first-order valence-corrected chi connectivity index (χ1v) is 20.1. The van der Waals surface area contributed by atoms with Crippen LogP contribution in [0.4, 0.5) is 22.7 Å². The van der Waals surface area contributed by atoms with Gasteiger partial charge in [0.25, 0.3) is 0 Å². The van der Waals surface area contributed by atoms with E-state index in [0.29, 0.717) is 22.3 Å². The molecule has 0 amide bonds. The first kappa shape index (κ1) is 39.8. The minimum Gasteiger partial charge on any atom is -0.507 e. The predicted molar refractivity (Wildman–Crippen MR) is 243 cm³/mol. The summed E-state index contributed by atoms with van der Waals surface area (Å²) in [7, 11) is 0. The predicted octanol–water partition coefficient (Wildman–Crippen LogP) is 12.6. The lowest BCUT2D eigenvalue weighted by atomic mass is 9.85. The molecule has 6 aromatic carbocycles. The summed E-state index contributed by atoms with van der Waals surface area (Å²) in [5.41, 5.74) is 12.1. The molecule has 7 rings (SSSR count). The number of fused-ring (bicyclic) bond motifs is 8. The average Bonchev–Trinajstić information content (AvgIpc) is 3.20. The van der Waals surface area contributed by atoms with Crippen molar-refractivity contribution in [3.63, 3.8) is 0 Å². The first-order chi connectivity index (χ1) is 27.8. The minimum atomic E-state index is -0.170. The summed E-state index contributed by atoms with van der Waals surface area (Å²) >= 11 is 0. The standard InChI is InChI=1S/C52H52N4O2/c1-51(2,3)43-27-39-31-53-45-19-11-7-15-35(45)23-25-37-17-9-13-21-47(37)55-33-41-29-44(52(4,5)6)30-42(50(41)58)34-56-48-22-14-10-18-38(48)26-24-36-16-8-12-20-46(36)54-32-40(28-43)49(39)57/h7-22,27-34,57-58H,23-26H2,1-6H3. The maximum absolute atomic E-state index is 11.7. The van der Waals surface area contributed by atoms with E-state index >= 15 is 0 Å². The number of nitrogens with zero attached hydrogens (tertiary/aromatic N) is 4. The summed E-state index contributed by atoms with van der Waals surface area (Å²) in [6.07, 6.45) is 10.0. The average molecular weight is 765 g/mol. The highest BCUT2D eigenvalue weighted by molar-refractivity contribution is 5.95. The Hall–Kier alpha value is -6.40. The van der Waals surface area contributed by atoms with Crippen molar-refractivity contribution >= 4 is 47.6 Å². The summed E-state index contributed by atoms with van der Waals surface area (Å²) in [6, 6.07) is 40.6. The number of hydrogen-bond acceptors (Lipinski definition) is 6. The summed E-state index contributed by atoms with van der Waals surface area (Å²) in [6.45, 7) is 13.0. The van der Waals surface area contributed by atoms with Crippen LogP contribution in [0.2, 0.25) is 0 Å². The summed E-state index contributed by atoms with van der Waals surface area (Å²) in [5, 5.41) is 23.3. The van der Waals surface area contributed by atoms with Gasteiger partial charge in [0.2, 0.25) is 0 Å². The first-order valence-electron chi connectivity index (χ1n) is 20.1. The van der Waals surface area contributed by atoms with Crippen molar-refractivity contribution in [2.24, 2.45) is 20.0 Å². The van der Waals surface area contributed by atoms with Crippen molar-refractivity contribution in [3.05, 3.63) is 177 Å². The zero-order valence-electron chi connectivity index (χ0n) is 34.4. The molecule has 58 heavy (non-hydrogen) atoms. The molecule has 0 fully saturated rings. The zero-order chi connectivity index (χ0) is 40.9. The van der Waals surface area contributed by atoms with Crippen LogP contribution in [0.1, 0.15) is 97.2 Å². The van der Waals surface area contributed by atoms with E-state index < -0.39 is 0 Å². The largest absolute Gasteiger partial charge is 0.507 e. The van der Waals surface area contributed by atoms with Gasteiger partial charge in [0.1, 0.15) is 11.5 Å². The van der Waals surface area contributed by atoms with E-state index in [-0.39, 0.29) is 22.3 Å². The van der Waals surface area contributed by atoms with Gasteiger partial charge in [-0.15, -0.1) is 0 Å². The van der Waals surface area contributed by atoms with E-state index in [9.17, 15) is 10.2 Å². The highest BCUT2D eigenvalue weighted by Gasteiger charge is 2.20. The van der Waals surface area contributed by atoms with Crippen molar-refractivity contribution < 1.29 is 10.2 Å². The lowest BCUT2D eigenvalue weighted by molar-refractivity contribution is 0.471. The number of phenols is 2. The quantitative estimate of drug-likeness (QED) is 0.161. The number of rotatable bonds is 0. The highest BCUT2D eigenvalue weighted by atomic mass is 16.3. The molecule has 0 aromatic heterocycles. The minimum absolute atomic E-state index is 0.140. The number of hydrogen-bond donors (Lipinski definition) is 2. The monoisotopic (exact) mass is 764 g/mol. The van der Waals surface area contributed by atoms with Crippen molar-refractivity contribution in [1.82, 2.24) is 0 Å². The second kappa shape index (κ2) is 17.0. The molecule has 292 valence electrons. The molecular weight excluding hydrogens is 713 g/mol. The van der Waals surface area contributed by atoms with Gasteiger partial charge in [0.15, 0.2) is 0 Å². The van der Waals surface area contributed by atoms with Crippen LogP contribution in [0.5, 0.6) is 11.5 Å². The molecule has 6 heteroatoms. The molecule has 1 heterocycles. The third kappa shape index (κ3) is 9.41. The summed E-state index contributed by atoms with van der Waals surface area (Å²) in [4.78, 5) is 19.8. The molecule has 6 nitrogen and oxygen atoms in total. The third-order valence-electron chi connectivity index (χ3n) is 10.7. The van der Waals surface area contributed by atoms with Gasteiger partial charge in [-0.1, -0.05) is 114 Å². The van der Waals surface area contributed by atoms with Crippen molar-refractivity contribution in [2.75, 3.05) is 0 Å². The SMILES string of the molecule is CC(C)(C)c1cc2c(O)c(c1)C=Nc1ccccc1CCc1ccccc1N=Cc1cc(C(C)(C)C)cc(c1O)C=Nc1ccccc1CCc1ccccc1N=C2. The topological polar surface area (TPSA) is 89.9 Å². The van der Waals surface area contributed by atoms with E-state index in [2.05, 4.69) is 65.8 Å². The second-order valence-electron chi connectivity index (χ2n) is 17.1. The van der Waals surface area contributed by atoms with Crippen molar-refractivity contribution in [2.45, 2.75) is 78.1 Å². The molecule has 0 radical (unpaired) electrons. The molecule has 6 aromatic rings. The molecule has 0 spiro atoms. The second-order valence-corrected chi connectivity index (χ2v) is 17.1. The zero-order valence-corrected chi connectivity index (χ0v) is 34.4. The van der Waals surface area contributed by atoms with E-state index in [0.717, 1.165) is 81.8 Å². The lowest BCUT2D eigenvalue weighted by Crippen LogP contribution is -2.12. The third-order valence-corrected chi connectivity index (χ3v) is 10.7. The van der Waals surface area contributed by atoms with Crippen LogP contribution in [0, 0.1) is 0 Å². The molecule has 0 aliphatic carbocycles. The molecule has 0 unspecified atom stereocenters. The number of phenolic OH excluding ortho intramolecular Hbond substituents is 2. The molecule has 0 saturated carbocycles. The number of aliphatic imine (C=N–C) groups is 4. The number of aryl methyl sites for hydroxylation is 4. The maximum Gasteiger partial charge on any atom is 0.133 e. The Kier molecular flexibility index (Phi) is 11.7. The smallest absolute Gasteiger partial charge is 0.133 e. The molecule has 1 aliphatic heterocycles. The van der Waals surface area contributed by atoms with Crippen LogP contribution in [-0.4, -0.2) is 35.1 Å². The van der Waals surface area contributed by atoms with E-state index in [4.69, 9.17) is 20.0 Å². The Balaban J connectivity index is 1.36. The van der Waals surface area contributed by atoms with E-state index in [1.807, 2.05) is 97.1 Å². The van der Waals surface area contributed by atoms with Gasteiger partial charge in [-0.25, -0.2) is 0 Å². The van der Waals surface area contributed by atoms with Crippen LogP contribution >= 0.6 is 0 Å². The van der Waals surface area contributed by atoms with Gasteiger partial charge in [-0.05, 0) is 118 Å². The van der Waals surface area contributed by atoms with Gasteiger partial charge in [0, 0.05) is 47.1 Å². The van der Waals surface area contributed by atoms with Crippen LogP contribution in [0.3, 0.4) is 0 Å². The molecule has 0 atom stereocenters. The molecule has 4 bridgehead atoms. The van der Waals surface area contributed by atoms with Crippen LogP contribution < -0.4 is 0 Å². The lowest BCUT2D eigenvalue weighted by Gasteiger charge is -2.21. The summed E-state index contributed by atoms with van der Waals surface area (Å²) < 4.78 is 0. The Morgan fingerprint density at radius 3 is 0.810 bits per heavy atom. The van der Waals surface area contributed by atoms with Gasteiger partial charge >= 0.3 is 0 Å². The molecule has 1 aliphatic rings. The summed E-state index contributed by atoms with van der Waals surface area (Å²) in [5.74, 6) is 0.280. The number of aromatic hydroxyl groups is 2. The van der Waals surface area contributed by atoms with Gasteiger partial charge in [-0.2, -0.15) is 0 Å². The van der Waals surface area contributed by atoms with Crippen LogP contribution in [0.15, 0.2) is 141 Å². The number of para-hydroxylation sites is 4.